The number of hydrogen-bond donors (Lipinski definition) is 0. The Balaban J connectivity index is 1.18. The van der Waals surface area contributed by atoms with Gasteiger partial charge in [-0.3, -0.25) is 0 Å². The van der Waals surface area contributed by atoms with E-state index in [1.807, 2.05) is 84.6 Å². The first-order valence-corrected chi connectivity index (χ1v) is 16.4. The van der Waals surface area contributed by atoms with Crippen molar-refractivity contribution < 1.29 is 17.9 Å². The number of piperidine rings is 1. The number of benzene rings is 3. The average molecular weight is 589 g/mol. The fraction of sp³-hybridized carbons (Fsp3) is 0.424. The van der Waals surface area contributed by atoms with Crippen molar-refractivity contribution in [2.24, 2.45) is 0 Å². The lowest BCUT2D eigenvalue weighted by Crippen LogP contribution is -2.55. The van der Waals surface area contributed by atoms with E-state index in [1.54, 1.807) is 10.4 Å². The van der Waals surface area contributed by atoms with Gasteiger partial charge in [-0.1, -0.05) is 60.7 Å². The van der Waals surface area contributed by atoms with Crippen LogP contribution in [-0.4, -0.2) is 76.1 Å². The Hall–Kier alpha value is -3.56. The second-order valence-electron chi connectivity index (χ2n) is 11.9. The van der Waals surface area contributed by atoms with Gasteiger partial charge in [0.15, 0.2) is 0 Å². The van der Waals surface area contributed by atoms with E-state index in [0.717, 1.165) is 42.6 Å². The number of ether oxygens (including phenoxy) is 1. The number of carbonyl (C=O) groups excluding carboxylic acids is 1. The topological polar surface area (TPSA) is 73.4 Å². The Morgan fingerprint density at radius 1 is 0.857 bits per heavy atom. The van der Waals surface area contributed by atoms with Gasteiger partial charge in [0.05, 0.1) is 16.3 Å². The fourth-order valence-electron chi connectivity index (χ4n) is 6.81. The summed E-state index contributed by atoms with van der Waals surface area (Å²) in [5.41, 5.74) is 4.15. The number of likely N-dealkylation sites (tertiary alicyclic amines) is 1. The molecule has 0 saturated carbocycles. The molecule has 0 N–H and O–H groups in total. The van der Waals surface area contributed by atoms with Crippen LogP contribution in [0.15, 0.2) is 83.8 Å². The molecule has 6 rings (SSSR count). The predicted molar refractivity (Wildman–Crippen MR) is 165 cm³/mol. The number of carbonyl (C=O) groups is 1. The van der Waals surface area contributed by atoms with Gasteiger partial charge in [0.25, 0.3) is 0 Å². The maximum Gasteiger partial charge on any atom is 0.410 e. The van der Waals surface area contributed by atoms with Crippen molar-refractivity contribution in [3.8, 4) is 0 Å². The standard InChI is InChI=1S/C33H40N4O4S/c1-34(2)31-16-15-30(42(39,40)36-19-17-27(18-20-36)26-11-7-4-8-12-26)21-32(31)37-28-13-14-29(37)23-35(22-28)33(38)41-24-25-9-5-3-6-10-25/h3-12,15-16,21,27-29H,13-14,17-20,22-24H2,1-2H3. The molecule has 222 valence electrons. The summed E-state index contributed by atoms with van der Waals surface area (Å²) in [5, 5.41) is 0. The molecule has 3 aromatic carbocycles. The molecule has 8 nitrogen and oxygen atoms in total. The molecule has 9 heteroatoms. The fourth-order valence-corrected chi connectivity index (χ4v) is 8.30. The number of nitrogens with zero attached hydrogens (tertiary/aromatic N) is 4. The molecule has 3 fully saturated rings. The molecular formula is C33H40N4O4S. The van der Waals surface area contributed by atoms with Gasteiger partial charge in [-0.15, -0.1) is 0 Å². The predicted octanol–water partition coefficient (Wildman–Crippen LogP) is 5.31. The Bertz CT molecular complexity index is 1480. The number of sulfonamides is 1. The molecule has 3 aliphatic rings. The average Bonchev–Trinajstić information content (AvgIpc) is 3.28. The Kier molecular flexibility index (Phi) is 8.14. The highest BCUT2D eigenvalue weighted by atomic mass is 32.2. The van der Waals surface area contributed by atoms with Gasteiger partial charge in [-0.2, -0.15) is 4.31 Å². The van der Waals surface area contributed by atoms with E-state index < -0.39 is 10.0 Å². The molecule has 1 amide bonds. The lowest BCUT2D eigenvalue weighted by Gasteiger charge is -2.43. The van der Waals surface area contributed by atoms with Gasteiger partial charge in [-0.05, 0) is 60.9 Å². The number of hydrogen-bond acceptors (Lipinski definition) is 6. The first-order chi connectivity index (χ1) is 20.3. The summed E-state index contributed by atoms with van der Waals surface area (Å²) in [5.74, 6) is 0.385. The van der Waals surface area contributed by atoms with E-state index in [-0.39, 0.29) is 24.8 Å². The minimum Gasteiger partial charge on any atom is -0.445 e. The number of anilines is 2. The molecule has 2 bridgehead atoms. The highest BCUT2D eigenvalue weighted by Gasteiger charge is 2.43. The lowest BCUT2D eigenvalue weighted by atomic mass is 9.90. The molecule has 2 unspecified atom stereocenters. The summed E-state index contributed by atoms with van der Waals surface area (Å²) in [6.07, 6.45) is 3.24. The maximum atomic E-state index is 13.9. The highest BCUT2D eigenvalue weighted by molar-refractivity contribution is 7.89. The zero-order chi connectivity index (χ0) is 29.3. The number of rotatable bonds is 7. The molecule has 3 heterocycles. The third-order valence-corrected chi connectivity index (χ3v) is 10.9. The van der Waals surface area contributed by atoms with E-state index in [9.17, 15) is 13.2 Å². The van der Waals surface area contributed by atoms with Crippen LogP contribution >= 0.6 is 0 Å². The van der Waals surface area contributed by atoms with E-state index in [4.69, 9.17) is 4.74 Å². The van der Waals surface area contributed by atoms with E-state index in [2.05, 4.69) is 17.0 Å². The first kappa shape index (κ1) is 28.6. The molecule has 42 heavy (non-hydrogen) atoms. The zero-order valence-corrected chi connectivity index (χ0v) is 25.2. The van der Waals surface area contributed by atoms with Crippen LogP contribution in [0.25, 0.3) is 0 Å². The van der Waals surface area contributed by atoms with Gasteiger partial charge in [-0.25, -0.2) is 13.2 Å². The summed E-state index contributed by atoms with van der Waals surface area (Å²) < 4.78 is 35.0. The molecule has 2 atom stereocenters. The highest BCUT2D eigenvalue weighted by Crippen LogP contribution is 2.41. The van der Waals surface area contributed by atoms with Gasteiger partial charge in [0, 0.05) is 52.4 Å². The number of piperazine rings is 1. The SMILES string of the molecule is CN(C)c1ccc(S(=O)(=O)N2CCC(c3ccccc3)CC2)cc1N1C2CCC1CN(C(=O)OCc1ccccc1)C2. The Morgan fingerprint density at radius 3 is 2.10 bits per heavy atom. The Labute approximate surface area is 249 Å². The largest absolute Gasteiger partial charge is 0.445 e. The van der Waals surface area contributed by atoms with Gasteiger partial charge in [0.2, 0.25) is 10.0 Å². The molecule has 0 aliphatic carbocycles. The third kappa shape index (κ3) is 5.72. The molecule has 3 aromatic rings. The number of fused-ring (bicyclic) bond motifs is 2. The number of amides is 1. The van der Waals surface area contributed by atoms with Crippen LogP contribution in [-0.2, 0) is 21.4 Å². The molecule has 0 radical (unpaired) electrons. The summed E-state index contributed by atoms with van der Waals surface area (Å²) >= 11 is 0. The van der Waals surface area contributed by atoms with Gasteiger partial charge >= 0.3 is 6.09 Å². The minimum atomic E-state index is -3.64. The van der Waals surface area contributed by atoms with E-state index in [0.29, 0.717) is 37.0 Å². The van der Waals surface area contributed by atoms with Crippen molar-refractivity contribution in [2.75, 3.05) is 50.1 Å². The van der Waals surface area contributed by atoms with Crippen molar-refractivity contribution >= 4 is 27.5 Å². The van der Waals surface area contributed by atoms with Crippen molar-refractivity contribution in [3.05, 3.63) is 90.0 Å². The van der Waals surface area contributed by atoms with Crippen LogP contribution in [0.2, 0.25) is 0 Å². The Morgan fingerprint density at radius 2 is 1.48 bits per heavy atom. The van der Waals surface area contributed by atoms with E-state index >= 15 is 0 Å². The van der Waals surface area contributed by atoms with Gasteiger partial charge in [0.1, 0.15) is 6.61 Å². The molecular weight excluding hydrogens is 548 g/mol. The second kappa shape index (κ2) is 12.0. The molecule has 0 aromatic heterocycles. The van der Waals surface area contributed by atoms with Crippen molar-refractivity contribution in [3.63, 3.8) is 0 Å². The summed E-state index contributed by atoms with van der Waals surface area (Å²) in [7, 11) is 0.333. The molecule has 0 spiro atoms. The minimum absolute atomic E-state index is 0.103. The van der Waals surface area contributed by atoms with Crippen LogP contribution in [0, 0.1) is 0 Å². The monoisotopic (exact) mass is 588 g/mol. The van der Waals surface area contributed by atoms with Crippen LogP contribution in [0.4, 0.5) is 16.2 Å². The third-order valence-electron chi connectivity index (χ3n) is 9.02. The second-order valence-corrected chi connectivity index (χ2v) is 13.8. The van der Waals surface area contributed by atoms with Gasteiger partial charge < -0.3 is 19.4 Å². The molecule has 3 aliphatic heterocycles. The van der Waals surface area contributed by atoms with Crippen molar-refractivity contribution in [2.45, 2.75) is 55.2 Å². The van der Waals surface area contributed by atoms with Crippen LogP contribution in [0.1, 0.15) is 42.7 Å². The quantitative estimate of drug-likeness (QED) is 0.373. The normalized spacial score (nSPS) is 21.4. The van der Waals surface area contributed by atoms with E-state index in [1.165, 1.54) is 5.56 Å². The summed E-state index contributed by atoms with van der Waals surface area (Å²) in [6.45, 7) is 2.40. The lowest BCUT2D eigenvalue weighted by molar-refractivity contribution is 0.0881. The van der Waals surface area contributed by atoms with Crippen molar-refractivity contribution in [1.82, 2.24) is 9.21 Å². The summed E-state index contributed by atoms with van der Waals surface area (Å²) in [4.78, 5) is 19.5. The zero-order valence-electron chi connectivity index (χ0n) is 24.4. The summed E-state index contributed by atoms with van der Waals surface area (Å²) in [6, 6.07) is 25.8. The van der Waals surface area contributed by atoms with Crippen LogP contribution < -0.4 is 9.80 Å². The van der Waals surface area contributed by atoms with Crippen LogP contribution in [0.3, 0.4) is 0 Å². The molecule has 3 saturated heterocycles. The van der Waals surface area contributed by atoms with Crippen molar-refractivity contribution in [1.29, 1.82) is 0 Å². The van der Waals surface area contributed by atoms with Crippen LogP contribution in [0.5, 0.6) is 0 Å². The first-order valence-electron chi connectivity index (χ1n) is 14.9. The smallest absolute Gasteiger partial charge is 0.410 e. The maximum absolute atomic E-state index is 13.9.